The number of carbonyl (C=O) groups is 1. The van der Waals surface area contributed by atoms with E-state index in [0.717, 1.165) is 17.7 Å². The molecular weight excluding hydrogens is 256 g/mol. The van der Waals surface area contributed by atoms with Crippen LogP contribution in [0.25, 0.3) is 0 Å². The minimum absolute atomic E-state index is 0. The molecule has 5 heteroatoms. The van der Waals surface area contributed by atoms with Gasteiger partial charge in [-0.25, -0.2) is 0 Å². The summed E-state index contributed by atoms with van der Waals surface area (Å²) in [6.07, 6.45) is 6.11. The van der Waals surface area contributed by atoms with E-state index >= 15 is 0 Å². The fourth-order valence-corrected chi connectivity index (χ4v) is 3.22. The van der Waals surface area contributed by atoms with Gasteiger partial charge < -0.3 is 11.1 Å². The first kappa shape index (κ1) is 14.5. The van der Waals surface area contributed by atoms with Crippen molar-refractivity contribution in [3.63, 3.8) is 0 Å². The smallest absolute Gasteiger partial charge is 0.261 e. The second kappa shape index (κ2) is 6.99. The van der Waals surface area contributed by atoms with Gasteiger partial charge >= 0.3 is 0 Å². The molecule has 0 saturated heterocycles. The zero-order chi connectivity index (χ0) is 11.4. The molecule has 0 spiro atoms. The van der Waals surface area contributed by atoms with E-state index in [4.69, 9.17) is 5.73 Å². The molecule has 17 heavy (non-hydrogen) atoms. The quantitative estimate of drug-likeness (QED) is 0.830. The van der Waals surface area contributed by atoms with E-state index < -0.39 is 0 Å². The molecule has 1 aliphatic rings. The van der Waals surface area contributed by atoms with E-state index in [0.29, 0.717) is 13.1 Å². The first-order valence-electron chi connectivity index (χ1n) is 5.91. The second-order valence-corrected chi connectivity index (χ2v) is 5.30. The van der Waals surface area contributed by atoms with Crippen LogP contribution >= 0.6 is 23.7 Å². The van der Waals surface area contributed by atoms with Crippen LogP contribution in [0.5, 0.6) is 0 Å². The van der Waals surface area contributed by atoms with E-state index in [1.807, 2.05) is 0 Å². The van der Waals surface area contributed by atoms with Crippen LogP contribution in [-0.4, -0.2) is 19.0 Å². The minimum atomic E-state index is 0. The Morgan fingerprint density at radius 2 is 2.12 bits per heavy atom. The number of rotatable bonds is 3. The van der Waals surface area contributed by atoms with Crippen molar-refractivity contribution in [2.75, 3.05) is 13.1 Å². The largest absolute Gasteiger partial charge is 0.350 e. The van der Waals surface area contributed by atoms with Crippen LogP contribution in [0.3, 0.4) is 0 Å². The summed E-state index contributed by atoms with van der Waals surface area (Å²) in [5.74, 6) is 0.0310. The lowest BCUT2D eigenvalue weighted by Crippen LogP contribution is -2.28. The van der Waals surface area contributed by atoms with Crippen molar-refractivity contribution in [3.05, 3.63) is 21.4 Å². The Morgan fingerprint density at radius 1 is 1.35 bits per heavy atom. The summed E-state index contributed by atoms with van der Waals surface area (Å²) in [7, 11) is 0. The van der Waals surface area contributed by atoms with Gasteiger partial charge in [-0.1, -0.05) is 6.42 Å². The number of halogens is 1. The third-order valence-electron chi connectivity index (χ3n) is 2.90. The van der Waals surface area contributed by atoms with Crippen molar-refractivity contribution in [1.29, 1.82) is 0 Å². The van der Waals surface area contributed by atoms with Crippen LogP contribution in [0.15, 0.2) is 6.07 Å². The molecule has 3 N–H and O–H groups in total. The van der Waals surface area contributed by atoms with Gasteiger partial charge in [-0.3, -0.25) is 4.79 Å². The van der Waals surface area contributed by atoms with Crippen molar-refractivity contribution in [2.24, 2.45) is 5.73 Å². The molecular formula is C12H19ClN2OS. The van der Waals surface area contributed by atoms with Gasteiger partial charge in [-0.05, 0) is 37.3 Å². The van der Waals surface area contributed by atoms with E-state index in [2.05, 4.69) is 11.4 Å². The normalized spacial score (nSPS) is 14.4. The maximum atomic E-state index is 11.8. The Balaban J connectivity index is 0.00000144. The summed E-state index contributed by atoms with van der Waals surface area (Å²) >= 11 is 1.65. The molecule has 1 aliphatic carbocycles. The lowest BCUT2D eigenvalue weighted by atomic mass is 10.1. The van der Waals surface area contributed by atoms with Crippen LogP contribution < -0.4 is 11.1 Å². The molecule has 0 saturated carbocycles. The average Bonchev–Trinajstić information content (AvgIpc) is 2.58. The van der Waals surface area contributed by atoms with Crippen LogP contribution in [0.1, 0.15) is 39.4 Å². The van der Waals surface area contributed by atoms with Gasteiger partial charge in [-0.15, -0.1) is 23.7 Å². The molecule has 0 bridgehead atoms. The number of aryl methyl sites for hydroxylation is 2. The van der Waals surface area contributed by atoms with Gasteiger partial charge in [-0.2, -0.15) is 0 Å². The van der Waals surface area contributed by atoms with Gasteiger partial charge in [0.1, 0.15) is 0 Å². The molecule has 1 aromatic heterocycles. The Hall–Kier alpha value is -0.580. The molecule has 0 radical (unpaired) electrons. The fraction of sp³-hybridized carbons (Fsp3) is 0.583. The number of fused-ring (bicyclic) bond motifs is 1. The summed E-state index contributed by atoms with van der Waals surface area (Å²) in [4.78, 5) is 14.0. The number of thiophene rings is 1. The third-order valence-corrected chi connectivity index (χ3v) is 4.14. The number of carbonyl (C=O) groups excluding carboxylic acids is 1. The van der Waals surface area contributed by atoms with Crippen molar-refractivity contribution < 1.29 is 4.79 Å². The lowest BCUT2D eigenvalue weighted by molar-refractivity contribution is 0.0958. The standard InChI is InChI=1S/C12H18N2OS.ClH/c13-6-7-14-12(15)11-8-9-4-2-1-3-5-10(9)16-11;/h8H,1-7,13H2,(H,14,15);1H. The number of nitrogens with one attached hydrogen (secondary N) is 1. The minimum Gasteiger partial charge on any atom is -0.350 e. The van der Waals surface area contributed by atoms with Crippen molar-refractivity contribution >= 4 is 29.7 Å². The zero-order valence-corrected chi connectivity index (χ0v) is 11.5. The first-order chi connectivity index (χ1) is 7.81. The van der Waals surface area contributed by atoms with Crippen molar-refractivity contribution in [3.8, 4) is 0 Å². The maximum absolute atomic E-state index is 11.8. The van der Waals surface area contributed by atoms with E-state index in [1.54, 1.807) is 11.3 Å². The predicted molar refractivity (Wildman–Crippen MR) is 74.2 cm³/mol. The van der Waals surface area contributed by atoms with Crippen LogP contribution in [0.4, 0.5) is 0 Å². The highest BCUT2D eigenvalue weighted by Gasteiger charge is 2.15. The SMILES string of the molecule is Cl.NCCNC(=O)c1cc2c(s1)CCCCC2. The maximum Gasteiger partial charge on any atom is 0.261 e. The highest BCUT2D eigenvalue weighted by Crippen LogP contribution is 2.28. The summed E-state index contributed by atoms with van der Waals surface area (Å²) in [6, 6.07) is 2.07. The van der Waals surface area contributed by atoms with Gasteiger partial charge in [0, 0.05) is 18.0 Å². The molecule has 0 atom stereocenters. The van der Waals surface area contributed by atoms with E-state index in [-0.39, 0.29) is 18.3 Å². The van der Waals surface area contributed by atoms with Gasteiger partial charge in [0.25, 0.3) is 5.91 Å². The Labute approximate surface area is 112 Å². The molecule has 0 fully saturated rings. The molecule has 0 unspecified atom stereocenters. The first-order valence-corrected chi connectivity index (χ1v) is 6.73. The number of nitrogens with two attached hydrogens (primary N) is 1. The van der Waals surface area contributed by atoms with Crippen LogP contribution in [-0.2, 0) is 12.8 Å². The molecule has 2 rings (SSSR count). The predicted octanol–water partition coefficient (Wildman–Crippen LogP) is 2.13. The molecule has 3 nitrogen and oxygen atoms in total. The van der Waals surface area contributed by atoms with Crippen LogP contribution in [0.2, 0.25) is 0 Å². The van der Waals surface area contributed by atoms with Crippen molar-refractivity contribution in [2.45, 2.75) is 32.1 Å². The Bertz CT molecular complexity index is 355. The highest BCUT2D eigenvalue weighted by molar-refractivity contribution is 7.14. The highest BCUT2D eigenvalue weighted by atomic mass is 35.5. The lowest BCUT2D eigenvalue weighted by Gasteiger charge is -1.99. The summed E-state index contributed by atoms with van der Waals surface area (Å²) in [6.45, 7) is 1.05. The third kappa shape index (κ3) is 3.69. The average molecular weight is 275 g/mol. The summed E-state index contributed by atoms with van der Waals surface area (Å²) in [5, 5.41) is 2.82. The van der Waals surface area contributed by atoms with Gasteiger partial charge in [0.15, 0.2) is 0 Å². The van der Waals surface area contributed by atoms with E-state index in [9.17, 15) is 4.79 Å². The number of hydrogen-bond donors (Lipinski definition) is 2. The summed E-state index contributed by atoms with van der Waals surface area (Å²) < 4.78 is 0. The van der Waals surface area contributed by atoms with Gasteiger partial charge in [0.2, 0.25) is 0 Å². The van der Waals surface area contributed by atoms with Gasteiger partial charge in [0.05, 0.1) is 4.88 Å². The summed E-state index contributed by atoms with van der Waals surface area (Å²) in [5.41, 5.74) is 6.75. The monoisotopic (exact) mass is 274 g/mol. The number of hydrogen-bond acceptors (Lipinski definition) is 3. The molecule has 1 amide bonds. The molecule has 96 valence electrons. The fourth-order valence-electron chi connectivity index (χ4n) is 2.05. The topological polar surface area (TPSA) is 55.1 Å². The second-order valence-electron chi connectivity index (χ2n) is 4.16. The molecule has 1 heterocycles. The molecule has 1 aromatic rings. The van der Waals surface area contributed by atoms with E-state index in [1.165, 1.54) is 29.7 Å². The zero-order valence-electron chi connectivity index (χ0n) is 9.83. The van der Waals surface area contributed by atoms with Crippen molar-refractivity contribution in [1.82, 2.24) is 5.32 Å². The molecule has 0 aliphatic heterocycles. The Kier molecular flexibility index (Phi) is 5.95. The number of amides is 1. The molecule has 0 aromatic carbocycles. The van der Waals surface area contributed by atoms with Crippen LogP contribution in [0, 0.1) is 0 Å². The Morgan fingerprint density at radius 3 is 2.88 bits per heavy atom.